The molecule has 33 heavy (non-hydrogen) atoms. The fraction of sp³-hybridized carbons (Fsp3) is 0.750. The van der Waals surface area contributed by atoms with Crippen molar-refractivity contribution in [2.75, 3.05) is 13.7 Å². The molecule has 0 spiro atoms. The van der Waals surface area contributed by atoms with Crippen LogP contribution < -0.4 is 4.74 Å². The van der Waals surface area contributed by atoms with Gasteiger partial charge in [0.15, 0.2) is 11.5 Å². The zero-order chi connectivity index (χ0) is 23.4. The maximum Gasteiger partial charge on any atom is 0.166 e. The lowest BCUT2D eigenvalue weighted by molar-refractivity contribution is -0.147. The van der Waals surface area contributed by atoms with Gasteiger partial charge in [-0.1, -0.05) is 42.6 Å². The molecule has 4 aliphatic rings. The van der Waals surface area contributed by atoms with Crippen LogP contribution in [0.2, 0.25) is 0 Å². The number of phenolic OH excluding ortho intramolecular Hbond substituents is 1. The third kappa shape index (κ3) is 3.67. The van der Waals surface area contributed by atoms with E-state index in [1.165, 1.54) is 44.9 Å². The van der Waals surface area contributed by atoms with Gasteiger partial charge in [-0.3, -0.25) is 4.99 Å². The number of benzene rings is 1. The van der Waals surface area contributed by atoms with E-state index in [0.29, 0.717) is 29.2 Å². The lowest BCUT2D eigenvalue weighted by atomic mass is 9.44. The number of rotatable bonds is 4. The molecule has 2 N–H and O–H groups in total. The molecule has 4 saturated carbocycles. The number of hydrogen-bond donors (Lipinski definition) is 2. The van der Waals surface area contributed by atoms with Crippen LogP contribution in [0.3, 0.4) is 0 Å². The van der Waals surface area contributed by atoms with Crippen LogP contribution in [0.5, 0.6) is 11.5 Å². The Labute approximate surface area is 207 Å². The number of nitrogens with zero attached hydrogens (tertiary/aromatic N) is 1. The molecule has 0 unspecified atom stereocenters. The Balaban J connectivity index is 1.35. The Hall–Kier alpha value is -1.07. The van der Waals surface area contributed by atoms with Crippen molar-refractivity contribution in [2.24, 2.45) is 39.5 Å². The van der Waals surface area contributed by atoms with Gasteiger partial charge in [-0.05, 0) is 92.6 Å². The number of phenols is 1. The quantitative estimate of drug-likeness (QED) is 0.434. The highest BCUT2D eigenvalue weighted by molar-refractivity contribution is 9.10. The normalized spacial score (nSPS) is 42.6. The van der Waals surface area contributed by atoms with E-state index in [-0.39, 0.29) is 11.2 Å². The maximum atomic E-state index is 11.9. The minimum absolute atomic E-state index is 0.0691. The topological polar surface area (TPSA) is 62.0 Å². The van der Waals surface area contributed by atoms with Crippen LogP contribution in [0.1, 0.15) is 83.6 Å². The molecular weight excluding hydrogens is 478 g/mol. The summed E-state index contributed by atoms with van der Waals surface area (Å²) in [5.41, 5.74) is 0.297. The van der Waals surface area contributed by atoms with Crippen LogP contribution in [-0.4, -0.2) is 35.7 Å². The Morgan fingerprint density at radius 1 is 1.06 bits per heavy atom. The SMILES string of the molecule is COc1cc(Br)cc(C=NC[C@]2(O)CC[C@@H]3[C@@H]4CC[C@H]5CCCC[C@]5(C)[C@@H]4CC[C@@]32C)c1O. The van der Waals surface area contributed by atoms with Crippen LogP contribution in [0.15, 0.2) is 21.6 Å². The molecule has 182 valence electrons. The standard InChI is InChI=1S/C28H40BrNO3/c1-26-11-5-4-6-19(26)7-8-21-22(26)9-12-27(2)23(21)10-13-28(27,32)17-30-16-18-14-20(29)15-24(33-3)25(18)31/h14-16,19,21-23,31-32H,4-13,17H2,1-3H3/t19-,21-,22-,23-,26+,27+,28-/m1/s1. The molecule has 0 amide bonds. The Morgan fingerprint density at radius 3 is 2.64 bits per heavy atom. The molecular formula is C28H40BrNO3. The van der Waals surface area contributed by atoms with Crippen LogP contribution >= 0.6 is 15.9 Å². The van der Waals surface area contributed by atoms with Crippen molar-refractivity contribution in [1.82, 2.24) is 0 Å². The second kappa shape index (κ2) is 8.55. The first-order chi connectivity index (χ1) is 15.7. The molecule has 5 heteroatoms. The lowest BCUT2D eigenvalue weighted by Crippen LogP contribution is -2.56. The van der Waals surface area contributed by atoms with Gasteiger partial charge < -0.3 is 14.9 Å². The third-order valence-corrected chi connectivity index (χ3v) is 11.2. The lowest BCUT2D eigenvalue weighted by Gasteiger charge is -2.61. The van der Waals surface area contributed by atoms with Gasteiger partial charge in [-0.15, -0.1) is 0 Å². The monoisotopic (exact) mass is 517 g/mol. The second-order valence-electron chi connectivity index (χ2n) is 11.9. The number of hydrogen-bond acceptors (Lipinski definition) is 4. The molecule has 0 saturated heterocycles. The van der Waals surface area contributed by atoms with Crippen molar-refractivity contribution in [3.8, 4) is 11.5 Å². The summed E-state index contributed by atoms with van der Waals surface area (Å²) in [5, 5.41) is 22.4. The summed E-state index contributed by atoms with van der Waals surface area (Å²) in [4.78, 5) is 4.68. The molecule has 0 aromatic heterocycles. The number of ether oxygens (including phenoxy) is 1. The maximum absolute atomic E-state index is 11.9. The molecule has 4 nitrogen and oxygen atoms in total. The molecule has 5 rings (SSSR count). The van der Waals surface area contributed by atoms with E-state index in [1.54, 1.807) is 19.4 Å². The summed E-state index contributed by atoms with van der Waals surface area (Å²) < 4.78 is 6.09. The van der Waals surface area contributed by atoms with Gasteiger partial charge in [0.1, 0.15) is 0 Å². The van der Waals surface area contributed by atoms with Gasteiger partial charge in [-0.25, -0.2) is 0 Å². The third-order valence-electron chi connectivity index (χ3n) is 10.8. The number of aliphatic hydroxyl groups is 1. The summed E-state index contributed by atoms with van der Waals surface area (Å²) in [6.07, 6.45) is 14.5. The van der Waals surface area contributed by atoms with E-state index in [4.69, 9.17) is 4.74 Å². The van der Waals surface area contributed by atoms with Gasteiger partial charge in [-0.2, -0.15) is 0 Å². The van der Waals surface area contributed by atoms with E-state index >= 15 is 0 Å². The summed E-state index contributed by atoms with van der Waals surface area (Å²) in [5.74, 6) is 3.64. The van der Waals surface area contributed by atoms with E-state index in [2.05, 4.69) is 34.8 Å². The fourth-order valence-corrected chi connectivity index (χ4v) is 9.26. The number of methoxy groups -OCH3 is 1. The predicted molar refractivity (Wildman–Crippen MR) is 136 cm³/mol. The first-order valence-electron chi connectivity index (χ1n) is 13.0. The molecule has 4 fully saturated rings. The molecule has 0 aliphatic heterocycles. The van der Waals surface area contributed by atoms with Crippen molar-refractivity contribution in [1.29, 1.82) is 0 Å². The van der Waals surface area contributed by atoms with Crippen molar-refractivity contribution >= 4 is 22.1 Å². The van der Waals surface area contributed by atoms with Crippen molar-refractivity contribution in [3.63, 3.8) is 0 Å². The highest BCUT2D eigenvalue weighted by atomic mass is 79.9. The van der Waals surface area contributed by atoms with Crippen molar-refractivity contribution in [3.05, 3.63) is 22.2 Å². The van der Waals surface area contributed by atoms with Gasteiger partial charge >= 0.3 is 0 Å². The zero-order valence-electron chi connectivity index (χ0n) is 20.4. The number of aliphatic imine (C=N–C) groups is 1. The molecule has 1 aromatic carbocycles. The molecule has 0 radical (unpaired) electrons. The fourth-order valence-electron chi connectivity index (χ4n) is 8.81. The van der Waals surface area contributed by atoms with Crippen molar-refractivity contribution < 1.29 is 14.9 Å². The molecule has 7 atom stereocenters. The predicted octanol–water partition coefficient (Wildman–Crippen LogP) is 6.75. The largest absolute Gasteiger partial charge is 0.504 e. The molecule has 0 heterocycles. The minimum atomic E-state index is -0.769. The van der Waals surface area contributed by atoms with Crippen LogP contribution in [0.25, 0.3) is 0 Å². The highest BCUT2D eigenvalue weighted by Crippen LogP contribution is 2.68. The zero-order valence-corrected chi connectivity index (χ0v) is 22.0. The summed E-state index contributed by atoms with van der Waals surface area (Å²) in [7, 11) is 1.54. The first-order valence-corrected chi connectivity index (χ1v) is 13.8. The number of halogens is 1. The molecule has 0 bridgehead atoms. The van der Waals surface area contributed by atoms with Gasteiger partial charge in [0.25, 0.3) is 0 Å². The minimum Gasteiger partial charge on any atom is -0.504 e. The smallest absolute Gasteiger partial charge is 0.166 e. The highest BCUT2D eigenvalue weighted by Gasteiger charge is 2.64. The first kappa shape index (κ1) is 23.7. The van der Waals surface area contributed by atoms with E-state index in [1.807, 2.05) is 6.07 Å². The average molecular weight is 519 g/mol. The average Bonchev–Trinajstić information content (AvgIpc) is 3.06. The van der Waals surface area contributed by atoms with E-state index < -0.39 is 5.60 Å². The van der Waals surface area contributed by atoms with Crippen LogP contribution in [0.4, 0.5) is 0 Å². The van der Waals surface area contributed by atoms with Gasteiger partial charge in [0.05, 0.1) is 19.3 Å². The molecule has 1 aromatic rings. The van der Waals surface area contributed by atoms with E-state index in [0.717, 1.165) is 41.5 Å². The Morgan fingerprint density at radius 2 is 1.85 bits per heavy atom. The van der Waals surface area contributed by atoms with Gasteiger partial charge in [0.2, 0.25) is 0 Å². The van der Waals surface area contributed by atoms with Crippen LogP contribution in [0, 0.1) is 34.5 Å². The summed E-state index contributed by atoms with van der Waals surface area (Å²) in [6.45, 7) is 5.36. The second-order valence-corrected chi connectivity index (χ2v) is 12.9. The van der Waals surface area contributed by atoms with Crippen molar-refractivity contribution in [2.45, 2.75) is 83.7 Å². The summed E-state index contributed by atoms with van der Waals surface area (Å²) in [6, 6.07) is 3.57. The van der Waals surface area contributed by atoms with E-state index in [9.17, 15) is 10.2 Å². The Bertz CT molecular complexity index is 934. The van der Waals surface area contributed by atoms with Crippen LogP contribution in [-0.2, 0) is 0 Å². The summed E-state index contributed by atoms with van der Waals surface area (Å²) >= 11 is 3.47. The number of aromatic hydroxyl groups is 1. The molecule has 4 aliphatic carbocycles. The Kier molecular flexibility index (Phi) is 6.13. The number of fused-ring (bicyclic) bond motifs is 5. The van der Waals surface area contributed by atoms with Gasteiger partial charge in [0, 0.05) is 21.7 Å².